The number of amidine groups is 1. The van der Waals surface area contributed by atoms with E-state index in [-0.39, 0.29) is 29.7 Å². The summed E-state index contributed by atoms with van der Waals surface area (Å²) in [6, 6.07) is 18.8. The average molecular weight is 558 g/mol. The number of imide groups is 1. The van der Waals surface area contributed by atoms with E-state index in [1.54, 1.807) is 43.5 Å². The Morgan fingerprint density at radius 1 is 1.00 bits per heavy atom. The molecule has 1 atom stereocenters. The minimum atomic E-state index is -4.51. The Labute approximate surface area is 228 Å². The van der Waals surface area contributed by atoms with Gasteiger partial charge in [0.15, 0.2) is 16.7 Å². The molecule has 1 aliphatic rings. The molecule has 204 valence electrons. The van der Waals surface area contributed by atoms with Crippen molar-refractivity contribution in [3.05, 3.63) is 83.9 Å². The van der Waals surface area contributed by atoms with Crippen LogP contribution in [0, 0.1) is 0 Å². The fourth-order valence-corrected chi connectivity index (χ4v) is 5.05. The van der Waals surface area contributed by atoms with Crippen molar-refractivity contribution in [3.63, 3.8) is 0 Å². The number of anilines is 2. The molecule has 2 amide bonds. The number of para-hydroxylation sites is 1. The average Bonchev–Trinajstić information content (AvgIpc) is 3.20. The second kappa shape index (κ2) is 12.2. The van der Waals surface area contributed by atoms with Crippen LogP contribution in [-0.4, -0.2) is 43.0 Å². The molecule has 1 fully saturated rings. The lowest BCUT2D eigenvalue weighted by Gasteiger charge is -2.16. The molecule has 11 heteroatoms. The van der Waals surface area contributed by atoms with E-state index in [0.29, 0.717) is 23.6 Å². The summed E-state index contributed by atoms with van der Waals surface area (Å²) in [4.78, 5) is 31.5. The molecule has 0 bridgehead atoms. The molecule has 0 radical (unpaired) electrons. The smallest absolute Gasteiger partial charge is 0.416 e. The largest absolute Gasteiger partial charge is 0.493 e. The van der Waals surface area contributed by atoms with E-state index in [4.69, 9.17) is 9.47 Å². The number of carbonyl (C=O) groups excluding carboxylic acids is 2. The molecule has 3 aromatic carbocycles. The highest BCUT2D eigenvalue weighted by molar-refractivity contribution is 8.15. The third-order valence-corrected chi connectivity index (χ3v) is 7.03. The maximum atomic E-state index is 13.3. The van der Waals surface area contributed by atoms with E-state index in [0.717, 1.165) is 34.4 Å². The lowest BCUT2D eigenvalue weighted by Crippen LogP contribution is -2.31. The number of rotatable bonds is 8. The first-order valence-electron chi connectivity index (χ1n) is 12.0. The molecule has 7 nitrogen and oxygen atoms in total. The van der Waals surface area contributed by atoms with Crippen molar-refractivity contribution < 1.29 is 32.2 Å². The van der Waals surface area contributed by atoms with Crippen molar-refractivity contribution in [2.45, 2.75) is 24.3 Å². The predicted octanol–water partition coefficient (Wildman–Crippen LogP) is 5.80. The first kappa shape index (κ1) is 28.0. The van der Waals surface area contributed by atoms with Crippen LogP contribution in [0.3, 0.4) is 0 Å². The molecule has 0 aromatic heterocycles. The maximum absolute atomic E-state index is 13.3. The first-order valence-corrected chi connectivity index (χ1v) is 12.9. The minimum absolute atomic E-state index is 0.0582. The van der Waals surface area contributed by atoms with Gasteiger partial charge in [0, 0.05) is 18.7 Å². The Kier molecular flexibility index (Phi) is 8.80. The molecule has 1 saturated heterocycles. The molecule has 1 heterocycles. The van der Waals surface area contributed by atoms with E-state index in [1.807, 2.05) is 12.1 Å². The molecule has 0 saturated carbocycles. The normalized spacial score (nSPS) is 16.0. The third kappa shape index (κ3) is 6.91. The van der Waals surface area contributed by atoms with Gasteiger partial charge in [-0.3, -0.25) is 14.6 Å². The Morgan fingerprint density at radius 2 is 1.74 bits per heavy atom. The van der Waals surface area contributed by atoms with Crippen LogP contribution in [-0.2, 0) is 22.2 Å². The SMILES string of the molecule is COc1ccc(CCN=C(Nc2cccc(C(F)(F)F)c2)SC2CC(=O)N(c3ccccc3)C2=O)cc1OC. The van der Waals surface area contributed by atoms with Crippen LogP contribution in [0.15, 0.2) is 77.8 Å². The van der Waals surface area contributed by atoms with Crippen molar-refractivity contribution in [1.82, 2.24) is 0 Å². The number of thioether (sulfide) groups is 1. The predicted molar refractivity (Wildman–Crippen MR) is 146 cm³/mol. The highest BCUT2D eigenvalue weighted by Crippen LogP contribution is 2.33. The van der Waals surface area contributed by atoms with Crippen molar-refractivity contribution >= 4 is 40.1 Å². The van der Waals surface area contributed by atoms with Crippen molar-refractivity contribution in [1.29, 1.82) is 0 Å². The molecule has 0 aliphatic carbocycles. The fraction of sp³-hybridized carbons (Fsp3) is 0.250. The number of alkyl halides is 3. The number of ether oxygens (including phenoxy) is 2. The second-order valence-corrected chi connectivity index (χ2v) is 9.73. The van der Waals surface area contributed by atoms with Crippen LogP contribution in [0.4, 0.5) is 24.5 Å². The van der Waals surface area contributed by atoms with E-state index in [9.17, 15) is 22.8 Å². The number of halogens is 3. The Bertz CT molecular complexity index is 1370. The first-order chi connectivity index (χ1) is 18.7. The van der Waals surface area contributed by atoms with Crippen LogP contribution in [0.5, 0.6) is 11.5 Å². The molecule has 0 spiro atoms. The number of hydrogen-bond acceptors (Lipinski definition) is 6. The molecule has 39 heavy (non-hydrogen) atoms. The Morgan fingerprint density at radius 3 is 2.44 bits per heavy atom. The summed E-state index contributed by atoms with van der Waals surface area (Å²) in [5.74, 6) is 0.383. The van der Waals surface area contributed by atoms with Gasteiger partial charge in [-0.05, 0) is 54.4 Å². The summed E-state index contributed by atoms with van der Waals surface area (Å²) in [7, 11) is 3.07. The topological polar surface area (TPSA) is 80.2 Å². The van der Waals surface area contributed by atoms with Crippen molar-refractivity contribution in [2.24, 2.45) is 4.99 Å². The summed E-state index contributed by atoms with van der Waals surface area (Å²) < 4.78 is 50.4. The highest BCUT2D eigenvalue weighted by atomic mass is 32.2. The summed E-state index contributed by atoms with van der Waals surface area (Å²) in [6.45, 7) is 0.265. The van der Waals surface area contributed by atoms with E-state index >= 15 is 0 Å². The van der Waals surface area contributed by atoms with Crippen LogP contribution in [0.1, 0.15) is 17.5 Å². The maximum Gasteiger partial charge on any atom is 0.416 e. The number of nitrogens with zero attached hydrogens (tertiary/aromatic N) is 2. The number of aliphatic imine (C=N–C) groups is 1. The molecule has 1 unspecified atom stereocenters. The Hall–Kier alpha value is -3.99. The van der Waals surface area contributed by atoms with Gasteiger partial charge < -0.3 is 14.8 Å². The molecular weight excluding hydrogens is 531 g/mol. The van der Waals surface area contributed by atoms with Crippen LogP contribution in [0.25, 0.3) is 0 Å². The van der Waals surface area contributed by atoms with Crippen LogP contribution < -0.4 is 19.7 Å². The van der Waals surface area contributed by atoms with Gasteiger partial charge in [0.25, 0.3) is 0 Å². The van der Waals surface area contributed by atoms with Gasteiger partial charge >= 0.3 is 6.18 Å². The van der Waals surface area contributed by atoms with E-state index < -0.39 is 22.9 Å². The second-order valence-electron chi connectivity index (χ2n) is 8.54. The van der Waals surface area contributed by atoms with Gasteiger partial charge in [0.1, 0.15) is 5.25 Å². The van der Waals surface area contributed by atoms with E-state index in [2.05, 4.69) is 10.3 Å². The van der Waals surface area contributed by atoms with Gasteiger partial charge in [-0.15, -0.1) is 0 Å². The Balaban J connectivity index is 1.55. The molecular formula is C28H26F3N3O4S. The zero-order valence-electron chi connectivity index (χ0n) is 21.2. The summed E-state index contributed by atoms with van der Waals surface area (Å²) in [6.07, 6.45) is -4.08. The van der Waals surface area contributed by atoms with Gasteiger partial charge in [0.05, 0.1) is 25.5 Å². The van der Waals surface area contributed by atoms with Gasteiger partial charge in [-0.2, -0.15) is 13.2 Å². The van der Waals surface area contributed by atoms with Crippen molar-refractivity contribution in [3.8, 4) is 11.5 Å². The zero-order valence-corrected chi connectivity index (χ0v) is 22.0. The zero-order chi connectivity index (χ0) is 28.0. The highest BCUT2D eigenvalue weighted by Gasteiger charge is 2.41. The molecule has 1 aliphatic heterocycles. The lowest BCUT2D eigenvalue weighted by molar-refractivity contribution is -0.137. The summed E-state index contributed by atoms with van der Waals surface area (Å²) in [5.41, 5.74) is 0.721. The van der Waals surface area contributed by atoms with Crippen molar-refractivity contribution in [2.75, 3.05) is 31.0 Å². The number of carbonyl (C=O) groups is 2. The van der Waals surface area contributed by atoms with E-state index in [1.165, 1.54) is 19.2 Å². The summed E-state index contributed by atoms with van der Waals surface area (Å²) >= 11 is 1.02. The number of amides is 2. The van der Waals surface area contributed by atoms with Crippen LogP contribution >= 0.6 is 11.8 Å². The van der Waals surface area contributed by atoms with Crippen LogP contribution in [0.2, 0.25) is 0 Å². The number of methoxy groups -OCH3 is 2. The number of nitrogens with one attached hydrogen (secondary N) is 1. The van der Waals surface area contributed by atoms with Gasteiger partial charge in [-0.1, -0.05) is 42.1 Å². The minimum Gasteiger partial charge on any atom is -0.493 e. The van der Waals surface area contributed by atoms with Gasteiger partial charge in [-0.25, -0.2) is 4.90 Å². The lowest BCUT2D eigenvalue weighted by atomic mass is 10.1. The number of benzene rings is 3. The third-order valence-electron chi connectivity index (χ3n) is 5.92. The molecule has 1 N–H and O–H groups in total. The number of hydrogen-bond donors (Lipinski definition) is 1. The molecule has 4 rings (SSSR count). The quantitative estimate of drug-likeness (QED) is 0.214. The summed E-state index contributed by atoms with van der Waals surface area (Å²) in [5, 5.41) is 2.37. The van der Waals surface area contributed by atoms with Gasteiger partial charge in [0.2, 0.25) is 11.8 Å². The standard InChI is InChI=1S/C28H26F3N3O4S/c1-37-22-12-11-18(15-23(22)38-2)13-14-32-27(33-20-8-6-7-19(16-20)28(29,30)31)39-24-17-25(35)34(26(24)36)21-9-4-3-5-10-21/h3-12,15-16,24H,13-14,17H2,1-2H3,(H,32,33). The fourth-order valence-electron chi connectivity index (χ4n) is 4.00. The molecule has 3 aromatic rings. The monoisotopic (exact) mass is 557 g/mol.